The van der Waals surface area contributed by atoms with Crippen LogP contribution in [0.4, 0.5) is 4.79 Å². The van der Waals surface area contributed by atoms with Gasteiger partial charge in [0.1, 0.15) is 18.4 Å². The number of esters is 1. The molecule has 1 amide bonds. The molecule has 0 saturated carbocycles. The molecular formula is C16H17NO5. The maximum atomic E-state index is 11.8. The zero-order valence-corrected chi connectivity index (χ0v) is 12.2. The van der Waals surface area contributed by atoms with Gasteiger partial charge in [-0.15, -0.1) is 0 Å². The summed E-state index contributed by atoms with van der Waals surface area (Å²) >= 11 is 0. The normalized spacial score (nSPS) is 11.5. The lowest BCUT2D eigenvalue weighted by atomic mass is 10.2. The molecule has 1 atom stereocenters. The summed E-state index contributed by atoms with van der Waals surface area (Å²) in [7, 11) is 1.26. The lowest BCUT2D eigenvalue weighted by Crippen LogP contribution is -2.43. The van der Waals surface area contributed by atoms with Crippen LogP contribution in [0.25, 0.3) is 0 Å². The zero-order chi connectivity index (χ0) is 15.8. The van der Waals surface area contributed by atoms with Gasteiger partial charge in [0.2, 0.25) is 0 Å². The Bertz CT molecular complexity index is 594. The van der Waals surface area contributed by atoms with Crippen molar-refractivity contribution in [1.82, 2.24) is 5.32 Å². The molecule has 0 saturated heterocycles. The first-order valence-corrected chi connectivity index (χ1v) is 6.76. The summed E-state index contributed by atoms with van der Waals surface area (Å²) in [4.78, 5) is 23.5. The van der Waals surface area contributed by atoms with Crippen molar-refractivity contribution in [3.05, 3.63) is 60.1 Å². The Morgan fingerprint density at radius 1 is 1.18 bits per heavy atom. The van der Waals surface area contributed by atoms with Crippen LogP contribution in [0, 0.1) is 0 Å². The maximum Gasteiger partial charge on any atom is 0.408 e. The van der Waals surface area contributed by atoms with Crippen LogP contribution in [0.3, 0.4) is 0 Å². The van der Waals surface area contributed by atoms with Crippen molar-refractivity contribution in [3.8, 4) is 0 Å². The zero-order valence-electron chi connectivity index (χ0n) is 12.2. The predicted molar refractivity (Wildman–Crippen MR) is 78.0 cm³/mol. The first kappa shape index (κ1) is 15.6. The fourth-order valence-electron chi connectivity index (χ4n) is 1.87. The highest BCUT2D eigenvalue weighted by Crippen LogP contribution is 2.06. The van der Waals surface area contributed by atoms with Gasteiger partial charge < -0.3 is 19.2 Å². The number of furan rings is 1. The molecule has 0 aliphatic rings. The van der Waals surface area contributed by atoms with Gasteiger partial charge in [0, 0.05) is 6.42 Å². The first-order chi connectivity index (χ1) is 10.7. The SMILES string of the molecule is COC(=O)[C@@H](Cc1ccco1)NC(=O)OCc1ccccc1. The van der Waals surface area contributed by atoms with Gasteiger partial charge in [0.15, 0.2) is 0 Å². The molecule has 116 valence electrons. The molecule has 0 unspecified atom stereocenters. The number of benzene rings is 1. The van der Waals surface area contributed by atoms with Crippen molar-refractivity contribution in [3.63, 3.8) is 0 Å². The third-order valence-electron chi connectivity index (χ3n) is 2.98. The van der Waals surface area contributed by atoms with Crippen molar-refractivity contribution in [1.29, 1.82) is 0 Å². The van der Waals surface area contributed by atoms with Crippen molar-refractivity contribution in [2.75, 3.05) is 7.11 Å². The third-order valence-corrected chi connectivity index (χ3v) is 2.98. The molecule has 22 heavy (non-hydrogen) atoms. The number of ether oxygens (including phenoxy) is 2. The van der Waals surface area contributed by atoms with Crippen molar-refractivity contribution < 1.29 is 23.5 Å². The van der Waals surface area contributed by atoms with E-state index in [1.165, 1.54) is 13.4 Å². The molecule has 0 spiro atoms. The second-order valence-corrected chi connectivity index (χ2v) is 4.57. The van der Waals surface area contributed by atoms with E-state index in [1.54, 1.807) is 12.1 Å². The van der Waals surface area contributed by atoms with E-state index in [0.717, 1.165) is 5.56 Å². The topological polar surface area (TPSA) is 77.8 Å². The van der Waals surface area contributed by atoms with Crippen molar-refractivity contribution in [2.24, 2.45) is 0 Å². The smallest absolute Gasteiger partial charge is 0.408 e. The van der Waals surface area contributed by atoms with E-state index < -0.39 is 18.1 Å². The number of hydrogen-bond donors (Lipinski definition) is 1. The fourth-order valence-corrected chi connectivity index (χ4v) is 1.87. The average Bonchev–Trinajstić information content (AvgIpc) is 3.05. The first-order valence-electron chi connectivity index (χ1n) is 6.76. The van der Waals surface area contributed by atoms with Gasteiger partial charge >= 0.3 is 12.1 Å². The highest BCUT2D eigenvalue weighted by Gasteiger charge is 2.23. The number of rotatable bonds is 6. The second kappa shape index (κ2) is 7.87. The van der Waals surface area contributed by atoms with E-state index >= 15 is 0 Å². The van der Waals surface area contributed by atoms with Gasteiger partial charge in [0.05, 0.1) is 13.4 Å². The van der Waals surface area contributed by atoms with E-state index in [9.17, 15) is 9.59 Å². The Labute approximate surface area is 128 Å². The quantitative estimate of drug-likeness (QED) is 0.828. The molecule has 6 heteroatoms. The van der Waals surface area contributed by atoms with Gasteiger partial charge in [-0.1, -0.05) is 30.3 Å². The summed E-state index contributed by atoms with van der Waals surface area (Å²) in [6.07, 6.45) is 1.00. The second-order valence-electron chi connectivity index (χ2n) is 4.57. The highest BCUT2D eigenvalue weighted by molar-refractivity contribution is 5.81. The molecule has 1 heterocycles. The van der Waals surface area contributed by atoms with Gasteiger partial charge in [-0.2, -0.15) is 0 Å². The summed E-state index contributed by atoms with van der Waals surface area (Å²) < 4.78 is 14.9. The summed E-state index contributed by atoms with van der Waals surface area (Å²) in [5.74, 6) is 0.00632. The van der Waals surface area contributed by atoms with E-state index in [2.05, 4.69) is 10.1 Å². The Kier molecular flexibility index (Phi) is 5.59. The number of carbonyl (C=O) groups excluding carboxylic acids is 2. The van der Waals surface area contributed by atoms with Crippen LogP contribution in [-0.2, 0) is 27.3 Å². The number of alkyl carbamates (subject to hydrolysis) is 1. The molecule has 1 N–H and O–H groups in total. The molecule has 1 aromatic heterocycles. The lowest BCUT2D eigenvalue weighted by Gasteiger charge is -2.15. The number of carbonyl (C=O) groups is 2. The van der Waals surface area contributed by atoms with E-state index in [-0.39, 0.29) is 13.0 Å². The van der Waals surface area contributed by atoms with E-state index in [0.29, 0.717) is 5.76 Å². The minimum atomic E-state index is -0.862. The van der Waals surface area contributed by atoms with E-state index in [4.69, 9.17) is 9.15 Å². The predicted octanol–water partition coefficient (Wildman–Crippen LogP) is 2.29. The molecule has 2 rings (SSSR count). The number of methoxy groups -OCH3 is 1. The monoisotopic (exact) mass is 303 g/mol. The molecule has 2 aromatic rings. The van der Waals surface area contributed by atoms with Crippen molar-refractivity contribution in [2.45, 2.75) is 19.1 Å². The Balaban J connectivity index is 1.88. The van der Waals surface area contributed by atoms with Crippen LogP contribution in [0.1, 0.15) is 11.3 Å². The largest absolute Gasteiger partial charge is 0.469 e. The molecule has 0 radical (unpaired) electrons. The molecule has 0 aliphatic carbocycles. The van der Waals surface area contributed by atoms with Crippen molar-refractivity contribution >= 4 is 12.1 Å². The number of nitrogens with one attached hydrogen (secondary N) is 1. The lowest BCUT2D eigenvalue weighted by molar-refractivity contribution is -0.143. The summed E-state index contributed by atoms with van der Waals surface area (Å²) in [5, 5.41) is 2.48. The summed E-state index contributed by atoms with van der Waals surface area (Å²) in [5.41, 5.74) is 0.860. The molecule has 0 bridgehead atoms. The Hall–Kier alpha value is -2.76. The molecule has 1 aromatic carbocycles. The van der Waals surface area contributed by atoms with Crippen LogP contribution in [0.5, 0.6) is 0 Å². The average molecular weight is 303 g/mol. The van der Waals surface area contributed by atoms with E-state index in [1.807, 2.05) is 30.3 Å². The van der Waals surface area contributed by atoms with Crippen LogP contribution in [-0.4, -0.2) is 25.2 Å². The summed E-state index contributed by atoms with van der Waals surface area (Å²) in [6.45, 7) is 0.126. The maximum absolute atomic E-state index is 11.8. The van der Waals surface area contributed by atoms with Crippen LogP contribution >= 0.6 is 0 Å². The molecule has 0 aliphatic heterocycles. The van der Waals surface area contributed by atoms with Gasteiger partial charge in [0.25, 0.3) is 0 Å². The van der Waals surface area contributed by atoms with Crippen LogP contribution in [0.2, 0.25) is 0 Å². The standard InChI is InChI=1S/C16H17NO5/c1-20-15(18)14(10-13-8-5-9-21-13)17-16(19)22-11-12-6-3-2-4-7-12/h2-9,14H,10-11H2,1H3,(H,17,19)/t14-/m1/s1. The van der Waals surface area contributed by atoms with Crippen LogP contribution in [0.15, 0.2) is 53.1 Å². The fraction of sp³-hybridized carbons (Fsp3) is 0.250. The number of amides is 1. The minimum Gasteiger partial charge on any atom is -0.469 e. The molecular weight excluding hydrogens is 286 g/mol. The highest BCUT2D eigenvalue weighted by atomic mass is 16.6. The van der Waals surface area contributed by atoms with Gasteiger partial charge in [-0.05, 0) is 17.7 Å². The summed E-state index contributed by atoms with van der Waals surface area (Å²) in [6, 6.07) is 11.8. The Morgan fingerprint density at radius 2 is 1.95 bits per heavy atom. The van der Waals surface area contributed by atoms with Gasteiger partial charge in [-0.3, -0.25) is 0 Å². The minimum absolute atomic E-state index is 0.126. The Morgan fingerprint density at radius 3 is 2.59 bits per heavy atom. The van der Waals surface area contributed by atoms with Gasteiger partial charge in [-0.25, -0.2) is 9.59 Å². The third kappa shape index (κ3) is 4.66. The molecule has 0 fully saturated rings. The van der Waals surface area contributed by atoms with Crippen LogP contribution < -0.4 is 5.32 Å². The number of hydrogen-bond acceptors (Lipinski definition) is 5. The molecule has 6 nitrogen and oxygen atoms in total.